The van der Waals surface area contributed by atoms with Crippen LogP contribution in [0.1, 0.15) is 15.3 Å². The quantitative estimate of drug-likeness (QED) is 0.907. The number of amides is 2. The van der Waals surface area contributed by atoms with Crippen molar-refractivity contribution in [2.24, 2.45) is 0 Å². The molecule has 0 atom stereocenters. The molecule has 0 radical (unpaired) electrons. The zero-order valence-electron chi connectivity index (χ0n) is 11.7. The predicted octanol–water partition coefficient (Wildman–Crippen LogP) is 2.55. The molecule has 2 rings (SSSR count). The number of benzene rings is 1. The Morgan fingerprint density at radius 1 is 1.10 bits per heavy atom. The molecule has 1 aromatic heterocycles. The van der Waals surface area contributed by atoms with Gasteiger partial charge in [0.25, 0.3) is 10.0 Å². The van der Waals surface area contributed by atoms with E-state index in [4.69, 9.17) is 0 Å². The van der Waals surface area contributed by atoms with E-state index in [0.29, 0.717) is 6.54 Å². The van der Waals surface area contributed by atoms with E-state index in [0.717, 1.165) is 15.3 Å². The third-order valence-corrected chi connectivity index (χ3v) is 5.13. The van der Waals surface area contributed by atoms with Crippen molar-refractivity contribution in [2.75, 3.05) is 0 Å². The minimum atomic E-state index is -3.83. The molecule has 1 heterocycles. The highest BCUT2D eigenvalue weighted by molar-refractivity contribution is 7.90. The highest BCUT2D eigenvalue weighted by Crippen LogP contribution is 2.14. The molecule has 2 N–H and O–H groups in total. The molecular formula is C14H16N2O3S2. The van der Waals surface area contributed by atoms with Crippen LogP contribution < -0.4 is 10.0 Å². The molecular weight excluding hydrogens is 308 g/mol. The largest absolute Gasteiger partial charge is 0.332 e. The molecule has 112 valence electrons. The van der Waals surface area contributed by atoms with Crippen molar-refractivity contribution in [1.29, 1.82) is 0 Å². The van der Waals surface area contributed by atoms with Crippen LogP contribution >= 0.6 is 11.3 Å². The number of hydrogen-bond acceptors (Lipinski definition) is 4. The Labute approximate surface area is 128 Å². The predicted molar refractivity (Wildman–Crippen MR) is 82.8 cm³/mol. The Morgan fingerprint density at radius 3 is 2.33 bits per heavy atom. The molecule has 0 aliphatic heterocycles. The van der Waals surface area contributed by atoms with Crippen LogP contribution in [0.3, 0.4) is 0 Å². The lowest BCUT2D eigenvalue weighted by atomic mass is 10.2. The number of aryl methyl sites for hydroxylation is 2. The molecule has 0 bridgehead atoms. The molecule has 0 unspecified atom stereocenters. The van der Waals surface area contributed by atoms with E-state index in [1.807, 2.05) is 30.7 Å². The Kier molecular flexibility index (Phi) is 4.64. The molecule has 0 aliphatic carbocycles. The minimum absolute atomic E-state index is 0.0650. The van der Waals surface area contributed by atoms with Gasteiger partial charge >= 0.3 is 6.03 Å². The lowest BCUT2D eigenvalue weighted by Gasteiger charge is -2.08. The van der Waals surface area contributed by atoms with Gasteiger partial charge in [-0.3, -0.25) is 0 Å². The number of carbonyl (C=O) groups is 1. The average Bonchev–Trinajstić information content (AvgIpc) is 2.82. The maximum atomic E-state index is 12.0. The minimum Gasteiger partial charge on any atom is -0.332 e. The summed E-state index contributed by atoms with van der Waals surface area (Å²) in [6, 6.07) is 9.40. The summed E-state index contributed by atoms with van der Waals surface area (Å²) in [5.41, 5.74) is 0.950. The third-order valence-electron chi connectivity index (χ3n) is 2.78. The van der Waals surface area contributed by atoms with Crippen molar-refractivity contribution in [3.8, 4) is 0 Å². The van der Waals surface area contributed by atoms with Gasteiger partial charge in [0.05, 0.1) is 11.4 Å². The topological polar surface area (TPSA) is 75.3 Å². The maximum Gasteiger partial charge on any atom is 0.328 e. The molecule has 0 saturated heterocycles. The van der Waals surface area contributed by atoms with Crippen molar-refractivity contribution in [3.05, 3.63) is 51.7 Å². The van der Waals surface area contributed by atoms with Gasteiger partial charge in [0.2, 0.25) is 0 Å². The smallest absolute Gasteiger partial charge is 0.328 e. The Balaban J connectivity index is 1.96. The molecule has 0 saturated carbocycles. The fraction of sp³-hybridized carbons (Fsp3) is 0.214. The monoisotopic (exact) mass is 324 g/mol. The van der Waals surface area contributed by atoms with Crippen molar-refractivity contribution >= 4 is 27.4 Å². The Hall–Kier alpha value is -1.86. The van der Waals surface area contributed by atoms with Crippen LogP contribution in [-0.2, 0) is 16.6 Å². The van der Waals surface area contributed by atoms with Crippen LogP contribution in [0.2, 0.25) is 0 Å². The first-order valence-electron chi connectivity index (χ1n) is 6.29. The number of nitrogens with one attached hydrogen (secondary N) is 2. The van der Waals surface area contributed by atoms with Gasteiger partial charge in [-0.15, -0.1) is 11.3 Å². The van der Waals surface area contributed by atoms with Gasteiger partial charge in [-0.25, -0.2) is 17.9 Å². The number of rotatable bonds is 4. The van der Waals surface area contributed by atoms with E-state index in [-0.39, 0.29) is 4.90 Å². The molecule has 0 spiro atoms. The number of sulfonamides is 1. The summed E-state index contributed by atoms with van der Waals surface area (Å²) < 4.78 is 26.0. The maximum absolute atomic E-state index is 12.0. The summed E-state index contributed by atoms with van der Waals surface area (Å²) in [6.45, 7) is 4.13. The average molecular weight is 324 g/mol. The number of hydrogen-bond donors (Lipinski definition) is 2. The van der Waals surface area contributed by atoms with Gasteiger partial charge in [0.15, 0.2) is 0 Å². The number of thiophene rings is 1. The van der Waals surface area contributed by atoms with Gasteiger partial charge in [-0.05, 0) is 38.1 Å². The molecule has 0 aliphatic rings. The first-order valence-corrected chi connectivity index (χ1v) is 8.59. The van der Waals surface area contributed by atoms with Crippen LogP contribution in [0.5, 0.6) is 0 Å². The molecule has 2 amide bonds. The van der Waals surface area contributed by atoms with Gasteiger partial charge in [0, 0.05) is 9.75 Å². The Morgan fingerprint density at radius 2 is 1.76 bits per heavy atom. The lowest BCUT2D eigenvalue weighted by molar-refractivity contribution is 0.245. The third kappa shape index (κ3) is 4.30. The fourth-order valence-electron chi connectivity index (χ4n) is 1.68. The van der Waals surface area contributed by atoms with E-state index in [2.05, 4.69) is 5.32 Å². The van der Waals surface area contributed by atoms with E-state index in [1.165, 1.54) is 12.1 Å². The van der Waals surface area contributed by atoms with Crippen LogP contribution in [0.15, 0.2) is 41.3 Å². The van der Waals surface area contributed by atoms with E-state index >= 15 is 0 Å². The first kappa shape index (κ1) is 15.5. The second-order valence-electron chi connectivity index (χ2n) is 4.61. The van der Waals surface area contributed by atoms with E-state index < -0.39 is 16.1 Å². The Bertz CT molecular complexity index is 734. The summed E-state index contributed by atoms with van der Waals surface area (Å²) in [5, 5.41) is 2.53. The van der Waals surface area contributed by atoms with E-state index in [9.17, 15) is 13.2 Å². The van der Waals surface area contributed by atoms with Gasteiger partial charge in [0.1, 0.15) is 0 Å². The second-order valence-corrected chi connectivity index (χ2v) is 7.67. The van der Waals surface area contributed by atoms with Crippen LogP contribution in [0.25, 0.3) is 0 Å². The molecule has 0 fully saturated rings. The van der Waals surface area contributed by atoms with Crippen LogP contribution in [0.4, 0.5) is 4.79 Å². The van der Waals surface area contributed by atoms with Crippen molar-refractivity contribution < 1.29 is 13.2 Å². The summed E-state index contributed by atoms with van der Waals surface area (Å²) in [5.74, 6) is 0. The summed E-state index contributed by atoms with van der Waals surface area (Å²) in [4.78, 5) is 13.9. The van der Waals surface area contributed by atoms with Crippen LogP contribution in [0, 0.1) is 13.8 Å². The summed E-state index contributed by atoms with van der Waals surface area (Å²) in [6.07, 6.45) is 0. The zero-order chi connectivity index (χ0) is 15.5. The zero-order valence-corrected chi connectivity index (χ0v) is 13.3. The van der Waals surface area contributed by atoms with Gasteiger partial charge in [-0.1, -0.05) is 17.7 Å². The molecule has 1 aromatic carbocycles. The molecule has 21 heavy (non-hydrogen) atoms. The normalized spacial score (nSPS) is 11.1. The molecule has 2 aromatic rings. The fourth-order valence-corrected chi connectivity index (χ4v) is 3.44. The van der Waals surface area contributed by atoms with Crippen molar-refractivity contribution in [3.63, 3.8) is 0 Å². The van der Waals surface area contributed by atoms with Crippen molar-refractivity contribution in [2.45, 2.75) is 25.3 Å². The van der Waals surface area contributed by atoms with Crippen LogP contribution in [-0.4, -0.2) is 14.4 Å². The first-order chi connectivity index (χ1) is 9.87. The number of carbonyl (C=O) groups excluding carboxylic acids is 1. The van der Waals surface area contributed by atoms with Gasteiger partial charge in [-0.2, -0.15) is 0 Å². The van der Waals surface area contributed by atoms with Gasteiger partial charge < -0.3 is 5.32 Å². The highest BCUT2D eigenvalue weighted by Gasteiger charge is 2.17. The standard InChI is InChI=1S/C14H16N2O3S2/c1-10-3-7-13(8-4-10)21(18,19)16-14(17)15-9-12-6-5-11(2)20-12/h3-8H,9H2,1-2H3,(H2,15,16,17). The van der Waals surface area contributed by atoms with E-state index in [1.54, 1.807) is 23.5 Å². The summed E-state index contributed by atoms with van der Waals surface area (Å²) >= 11 is 1.55. The molecule has 5 nitrogen and oxygen atoms in total. The lowest BCUT2D eigenvalue weighted by Crippen LogP contribution is -2.38. The van der Waals surface area contributed by atoms with Crippen molar-refractivity contribution in [1.82, 2.24) is 10.0 Å². The SMILES string of the molecule is Cc1ccc(S(=O)(=O)NC(=O)NCc2ccc(C)s2)cc1. The summed E-state index contributed by atoms with van der Waals surface area (Å²) in [7, 11) is -3.83. The molecule has 7 heteroatoms. The number of urea groups is 1. The second kappa shape index (κ2) is 6.28. The highest BCUT2D eigenvalue weighted by atomic mass is 32.2.